The molecule has 1 aromatic heterocycles. The first kappa shape index (κ1) is 20.5. The largest absolute Gasteiger partial charge is 0.433 e. The third-order valence-corrected chi connectivity index (χ3v) is 4.90. The van der Waals surface area contributed by atoms with Crippen LogP contribution in [0.4, 0.5) is 18.9 Å². The Morgan fingerprint density at radius 3 is 2.41 bits per heavy atom. The number of anilines is 1. The van der Waals surface area contributed by atoms with Crippen molar-refractivity contribution in [2.45, 2.75) is 11.1 Å². The molecule has 3 aromatic rings. The van der Waals surface area contributed by atoms with Crippen molar-refractivity contribution >= 4 is 29.3 Å². The van der Waals surface area contributed by atoms with Crippen LogP contribution in [0.1, 0.15) is 16.1 Å². The zero-order valence-electron chi connectivity index (χ0n) is 14.8. The fourth-order valence-electron chi connectivity index (χ4n) is 2.54. The number of hydrogen-bond acceptors (Lipinski definition) is 4. The Labute approximate surface area is 167 Å². The van der Waals surface area contributed by atoms with Crippen molar-refractivity contribution in [2.75, 3.05) is 11.1 Å². The minimum Gasteiger partial charge on any atom is -0.369 e. The molecule has 3 N–H and O–H groups in total. The molecule has 0 atom stereocenters. The quantitative estimate of drug-likeness (QED) is 0.595. The van der Waals surface area contributed by atoms with Crippen molar-refractivity contribution in [3.63, 3.8) is 0 Å². The van der Waals surface area contributed by atoms with Crippen LogP contribution >= 0.6 is 11.8 Å². The van der Waals surface area contributed by atoms with E-state index in [2.05, 4.69) is 10.4 Å². The fraction of sp³-hybridized carbons (Fsp3) is 0.105. The molecule has 0 saturated heterocycles. The monoisotopic (exact) mass is 420 g/mol. The summed E-state index contributed by atoms with van der Waals surface area (Å²) in [4.78, 5) is 24.1. The van der Waals surface area contributed by atoms with Gasteiger partial charge < -0.3 is 11.1 Å². The number of hydrogen-bond donors (Lipinski definition) is 2. The molecule has 0 fully saturated rings. The molecule has 0 unspecified atom stereocenters. The molecule has 10 heteroatoms. The molecule has 0 saturated carbocycles. The van der Waals surface area contributed by atoms with Crippen molar-refractivity contribution in [3.05, 3.63) is 72.1 Å². The van der Waals surface area contributed by atoms with Crippen molar-refractivity contribution in [2.24, 2.45) is 5.73 Å². The summed E-state index contributed by atoms with van der Waals surface area (Å²) in [5.41, 5.74) is 5.21. The molecule has 0 radical (unpaired) electrons. The van der Waals surface area contributed by atoms with Gasteiger partial charge in [-0.25, -0.2) is 4.68 Å². The Balaban J connectivity index is 1.77. The summed E-state index contributed by atoms with van der Waals surface area (Å²) in [6.07, 6.45) is -3.46. The number of nitrogens with zero attached hydrogens (tertiary/aromatic N) is 2. The molecule has 29 heavy (non-hydrogen) atoms. The second kappa shape index (κ2) is 8.39. The summed E-state index contributed by atoms with van der Waals surface area (Å²) in [6, 6.07) is 13.4. The van der Waals surface area contributed by atoms with E-state index in [9.17, 15) is 22.8 Å². The van der Waals surface area contributed by atoms with E-state index < -0.39 is 23.7 Å². The number of nitrogens with two attached hydrogens (primary N) is 1. The van der Waals surface area contributed by atoms with Crippen LogP contribution in [-0.2, 0) is 11.0 Å². The first-order chi connectivity index (χ1) is 13.8. The molecule has 3 rings (SSSR count). The number of amides is 2. The number of halogens is 3. The molecule has 1 heterocycles. The molecule has 0 bridgehead atoms. The Kier molecular flexibility index (Phi) is 5.92. The summed E-state index contributed by atoms with van der Waals surface area (Å²) in [5, 5.41) is 6.39. The van der Waals surface area contributed by atoms with E-state index in [-0.39, 0.29) is 11.4 Å². The summed E-state index contributed by atoms with van der Waals surface area (Å²) in [7, 11) is 0. The highest BCUT2D eigenvalue weighted by atomic mass is 32.2. The van der Waals surface area contributed by atoms with Gasteiger partial charge in [-0.15, -0.1) is 11.8 Å². The lowest BCUT2D eigenvalue weighted by Gasteiger charge is -2.12. The predicted molar refractivity (Wildman–Crippen MR) is 103 cm³/mol. The third kappa shape index (κ3) is 4.96. The molecule has 150 valence electrons. The van der Waals surface area contributed by atoms with Gasteiger partial charge in [0.05, 0.1) is 23.2 Å². The molecule has 6 nitrogen and oxygen atoms in total. The van der Waals surface area contributed by atoms with Crippen LogP contribution in [0.15, 0.2) is 65.7 Å². The predicted octanol–water partition coefficient (Wildman–Crippen LogP) is 3.72. The molecular weight excluding hydrogens is 405 g/mol. The molecule has 0 aliphatic rings. The highest BCUT2D eigenvalue weighted by molar-refractivity contribution is 8.00. The number of thioether (sulfide) groups is 1. The van der Waals surface area contributed by atoms with Gasteiger partial charge >= 0.3 is 6.18 Å². The second-order valence-electron chi connectivity index (χ2n) is 5.88. The molecule has 2 aromatic carbocycles. The Hall–Kier alpha value is -3.27. The smallest absolute Gasteiger partial charge is 0.369 e. The van der Waals surface area contributed by atoms with Crippen LogP contribution in [0, 0.1) is 0 Å². The normalized spacial score (nSPS) is 11.3. The number of aromatic nitrogens is 2. The van der Waals surface area contributed by atoms with Gasteiger partial charge in [-0.1, -0.05) is 12.1 Å². The van der Waals surface area contributed by atoms with Crippen LogP contribution in [0.25, 0.3) is 5.69 Å². The zero-order valence-corrected chi connectivity index (χ0v) is 15.6. The van der Waals surface area contributed by atoms with Gasteiger partial charge in [-0.3, -0.25) is 9.59 Å². The summed E-state index contributed by atoms with van der Waals surface area (Å²) in [5.74, 6) is -0.886. The van der Waals surface area contributed by atoms with Crippen molar-refractivity contribution < 1.29 is 22.8 Å². The van der Waals surface area contributed by atoms with E-state index in [0.717, 1.165) is 28.7 Å². The Bertz CT molecular complexity index is 1030. The van der Waals surface area contributed by atoms with Gasteiger partial charge in [-0.2, -0.15) is 18.3 Å². The zero-order chi connectivity index (χ0) is 21.0. The number of benzene rings is 2. The Morgan fingerprint density at radius 2 is 1.76 bits per heavy atom. The SMILES string of the molecule is NC(=O)CSc1ccccc1C(=O)Nc1ccc(-n2nccc2C(F)(F)F)cc1. The number of carbonyl (C=O) groups excluding carboxylic acids is 2. The average Bonchev–Trinajstić information content (AvgIpc) is 3.17. The van der Waals surface area contributed by atoms with Crippen molar-refractivity contribution in [1.29, 1.82) is 0 Å². The van der Waals surface area contributed by atoms with E-state index in [0.29, 0.717) is 16.1 Å². The van der Waals surface area contributed by atoms with Crippen LogP contribution in [-0.4, -0.2) is 27.3 Å². The minimum absolute atomic E-state index is 0.0321. The summed E-state index contributed by atoms with van der Waals surface area (Å²) < 4.78 is 39.8. The van der Waals surface area contributed by atoms with E-state index in [1.165, 1.54) is 24.3 Å². The molecule has 0 spiro atoms. The van der Waals surface area contributed by atoms with Gasteiger partial charge in [-0.05, 0) is 42.5 Å². The van der Waals surface area contributed by atoms with Crippen LogP contribution in [0.2, 0.25) is 0 Å². The summed E-state index contributed by atoms with van der Waals surface area (Å²) in [6.45, 7) is 0. The number of carbonyl (C=O) groups is 2. The molecular formula is C19H15F3N4O2S. The maximum atomic E-state index is 13.0. The first-order valence-electron chi connectivity index (χ1n) is 8.29. The van der Waals surface area contributed by atoms with Gasteiger partial charge in [0.1, 0.15) is 5.69 Å². The number of primary amides is 1. The Morgan fingerprint density at radius 1 is 1.07 bits per heavy atom. The van der Waals surface area contributed by atoms with Gasteiger partial charge in [0.15, 0.2) is 0 Å². The standard InChI is InChI=1S/C19H15F3N4O2S/c20-19(21,22)16-9-10-24-26(16)13-7-5-12(6-8-13)25-18(28)14-3-1-2-4-15(14)29-11-17(23)27/h1-10H,11H2,(H2,23,27)(H,25,28). The van der Waals surface area contributed by atoms with Gasteiger partial charge in [0.25, 0.3) is 5.91 Å². The topological polar surface area (TPSA) is 90.0 Å². The van der Waals surface area contributed by atoms with Crippen LogP contribution in [0.3, 0.4) is 0 Å². The number of rotatable bonds is 6. The lowest BCUT2D eigenvalue weighted by molar-refractivity contribution is -0.142. The van der Waals surface area contributed by atoms with E-state index in [1.54, 1.807) is 24.3 Å². The molecule has 0 aliphatic heterocycles. The number of nitrogens with one attached hydrogen (secondary N) is 1. The van der Waals surface area contributed by atoms with Crippen LogP contribution < -0.4 is 11.1 Å². The maximum Gasteiger partial charge on any atom is 0.433 e. The second-order valence-corrected chi connectivity index (χ2v) is 6.90. The molecule has 2 amide bonds. The van der Waals surface area contributed by atoms with E-state index in [1.807, 2.05) is 0 Å². The van der Waals surface area contributed by atoms with E-state index in [4.69, 9.17) is 5.73 Å². The van der Waals surface area contributed by atoms with Crippen molar-refractivity contribution in [1.82, 2.24) is 9.78 Å². The third-order valence-electron chi connectivity index (χ3n) is 3.80. The summed E-state index contributed by atoms with van der Waals surface area (Å²) >= 11 is 1.15. The van der Waals surface area contributed by atoms with Crippen molar-refractivity contribution in [3.8, 4) is 5.69 Å². The first-order valence-corrected chi connectivity index (χ1v) is 9.27. The van der Waals surface area contributed by atoms with Gasteiger partial charge in [0, 0.05) is 10.6 Å². The highest BCUT2D eigenvalue weighted by Crippen LogP contribution is 2.30. The average molecular weight is 420 g/mol. The lowest BCUT2D eigenvalue weighted by atomic mass is 10.2. The lowest BCUT2D eigenvalue weighted by Crippen LogP contribution is -2.16. The van der Waals surface area contributed by atoms with Crippen LogP contribution in [0.5, 0.6) is 0 Å². The fourth-order valence-corrected chi connectivity index (χ4v) is 3.33. The van der Waals surface area contributed by atoms with Gasteiger partial charge in [0.2, 0.25) is 5.91 Å². The maximum absolute atomic E-state index is 13.0. The molecule has 0 aliphatic carbocycles. The highest BCUT2D eigenvalue weighted by Gasteiger charge is 2.35. The van der Waals surface area contributed by atoms with E-state index >= 15 is 0 Å². The minimum atomic E-state index is -4.53. The number of alkyl halides is 3.